The Morgan fingerprint density at radius 3 is 1.65 bits per heavy atom. The van der Waals surface area contributed by atoms with Gasteiger partial charge in [-0.25, -0.2) is 0 Å². The zero-order chi connectivity index (χ0) is 13.3. The van der Waals surface area contributed by atoms with E-state index in [4.69, 9.17) is 0 Å². The van der Waals surface area contributed by atoms with Crippen LogP contribution in [-0.4, -0.2) is 5.75 Å². The van der Waals surface area contributed by atoms with Gasteiger partial charge in [-0.05, 0) is 81.1 Å². The average Bonchev–Trinajstić information content (AvgIpc) is 3.16. The molecule has 2 heteroatoms. The summed E-state index contributed by atoms with van der Waals surface area (Å²) in [6, 6.07) is 8.71. The van der Waals surface area contributed by atoms with Gasteiger partial charge >= 0.3 is 17.1 Å². The summed E-state index contributed by atoms with van der Waals surface area (Å²) in [4.78, 5) is 0. The maximum absolute atomic E-state index is 4.22. The first-order valence-corrected chi connectivity index (χ1v) is 7.12. The Morgan fingerprint density at radius 1 is 0.700 bits per heavy atom. The van der Waals surface area contributed by atoms with Crippen LogP contribution in [0.15, 0.2) is 24.3 Å². The van der Waals surface area contributed by atoms with Crippen molar-refractivity contribution in [2.24, 2.45) is 0 Å². The largest absolute Gasteiger partial charge is 2.00 e. The molecule has 1 aromatic rings. The number of thiol groups is 1. The van der Waals surface area contributed by atoms with Crippen LogP contribution in [0.4, 0.5) is 0 Å². The minimum atomic E-state index is 0. The summed E-state index contributed by atoms with van der Waals surface area (Å²) >= 11 is 4.22. The molecular formula is C18H18FeS+2. The van der Waals surface area contributed by atoms with Gasteiger partial charge in [-0.2, -0.15) is 12.6 Å². The van der Waals surface area contributed by atoms with Gasteiger partial charge in [0.05, 0.1) is 0 Å². The van der Waals surface area contributed by atoms with E-state index in [1.165, 1.54) is 17.0 Å². The minimum absolute atomic E-state index is 0. The molecule has 0 aliphatic heterocycles. The summed E-state index contributed by atoms with van der Waals surface area (Å²) in [5.41, 5.74) is 2.65. The van der Waals surface area contributed by atoms with Crippen molar-refractivity contribution in [3.05, 3.63) is 99.1 Å². The topological polar surface area (TPSA) is 0 Å². The third kappa shape index (κ3) is 6.24. The quantitative estimate of drug-likeness (QED) is 0.633. The maximum atomic E-state index is 4.22. The van der Waals surface area contributed by atoms with Crippen LogP contribution in [0.2, 0.25) is 0 Å². The Bertz CT molecular complexity index is 329. The third-order valence-corrected chi connectivity index (χ3v) is 3.13. The van der Waals surface area contributed by atoms with Crippen LogP contribution >= 0.6 is 12.6 Å². The maximum Gasteiger partial charge on any atom is 2.00 e. The van der Waals surface area contributed by atoms with Crippen molar-refractivity contribution in [2.45, 2.75) is 6.42 Å². The molecule has 0 nitrogen and oxygen atoms in total. The zero-order valence-corrected chi connectivity index (χ0v) is 13.2. The van der Waals surface area contributed by atoms with Crippen LogP contribution in [0.3, 0.4) is 0 Å². The van der Waals surface area contributed by atoms with Crippen molar-refractivity contribution in [1.82, 2.24) is 0 Å². The first-order valence-electron chi connectivity index (χ1n) is 6.49. The van der Waals surface area contributed by atoms with Gasteiger partial charge in [0.1, 0.15) is 0 Å². The summed E-state index contributed by atoms with van der Waals surface area (Å²) in [6.07, 6.45) is 19.4. The molecule has 0 amide bonds. The molecule has 0 aromatic heterocycles. The Morgan fingerprint density at radius 2 is 1.20 bits per heavy atom. The molecule has 102 valence electrons. The fraction of sp³-hybridized carbons (Fsp3) is 0.111. The summed E-state index contributed by atoms with van der Waals surface area (Å²) in [5.74, 6) is 2.21. The van der Waals surface area contributed by atoms with E-state index in [9.17, 15) is 0 Å². The molecule has 2 fully saturated rings. The molecular weight excluding hydrogens is 304 g/mol. The monoisotopic (exact) mass is 322 g/mol. The van der Waals surface area contributed by atoms with Crippen molar-refractivity contribution in [3.63, 3.8) is 0 Å². The molecule has 10 radical (unpaired) electrons. The van der Waals surface area contributed by atoms with Gasteiger partial charge in [-0.15, -0.1) is 0 Å². The van der Waals surface area contributed by atoms with Gasteiger partial charge in [0.2, 0.25) is 0 Å². The molecule has 1 aromatic carbocycles. The van der Waals surface area contributed by atoms with Gasteiger partial charge in [0, 0.05) is 5.92 Å². The van der Waals surface area contributed by atoms with Gasteiger partial charge in [0.15, 0.2) is 0 Å². The SMILES string of the molecule is SCCc1ccc([C]2[CH][CH][CH][CH]2)cc1.[CH]1[CH][CH][CH][CH]1.[Fe+2]. The second kappa shape index (κ2) is 10.8. The van der Waals surface area contributed by atoms with E-state index in [1.54, 1.807) is 0 Å². The average molecular weight is 322 g/mol. The van der Waals surface area contributed by atoms with Gasteiger partial charge in [0.25, 0.3) is 0 Å². The summed E-state index contributed by atoms with van der Waals surface area (Å²) in [7, 11) is 0. The van der Waals surface area contributed by atoms with Crippen LogP contribution in [0.1, 0.15) is 11.1 Å². The Hall–Kier alpha value is 0.0895. The fourth-order valence-corrected chi connectivity index (χ4v) is 2.14. The van der Waals surface area contributed by atoms with E-state index in [0.717, 1.165) is 12.2 Å². The summed E-state index contributed by atoms with van der Waals surface area (Å²) < 4.78 is 0. The number of benzene rings is 1. The number of hydrogen-bond donors (Lipinski definition) is 1. The predicted octanol–water partition coefficient (Wildman–Crippen LogP) is 3.93. The molecule has 2 aliphatic carbocycles. The van der Waals surface area contributed by atoms with Gasteiger partial charge < -0.3 is 0 Å². The second-order valence-corrected chi connectivity index (χ2v) is 4.75. The number of aryl methyl sites for hydroxylation is 1. The molecule has 0 bridgehead atoms. The molecule has 0 atom stereocenters. The standard InChI is InChI=1S/C13H13S.C5H5.Fe/c14-10-9-11-5-7-13(8-6-11)12-3-1-2-4-12;1-2-4-5-3-1;/h1-8,14H,9-10H2;1-5H;/q;;+2. The van der Waals surface area contributed by atoms with Crippen LogP contribution in [-0.2, 0) is 23.5 Å². The van der Waals surface area contributed by atoms with E-state index in [-0.39, 0.29) is 17.1 Å². The Kier molecular flexibility index (Phi) is 9.76. The molecule has 2 saturated carbocycles. The van der Waals surface area contributed by atoms with Crippen molar-refractivity contribution in [2.75, 3.05) is 5.75 Å². The second-order valence-electron chi connectivity index (χ2n) is 4.31. The van der Waals surface area contributed by atoms with Crippen LogP contribution in [0, 0.1) is 63.7 Å². The first kappa shape index (κ1) is 18.1. The smallest absolute Gasteiger partial charge is 0.179 e. The molecule has 0 saturated heterocycles. The predicted molar refractivity (Wildman–Crippen MR) is 85.0 cm³/mol. The van der Waals surface area contributed by atoms with Crippen molar-refractivity contribution in [1.29, 1.82) is 0 Å². The van der Waals surface area contributed by atoms with E-state index in [0.29, 0.717) is 0 Å². The normalized spacial score (nSPS) is 18.2. The van der Waals surface area contributed by atoms with Crippen LogP contribution in [0.25, 0.3) is 0 Å². The van der Waals surface area contributed by atoms with Crippen molar-refractivity contribution in [3.8, 4) is 0 Å². The minimum Gasteiger partial charge on any atom is -0.179 e. The fourth-order valence-electron chi connectivity index (χ4n) is 1.88. The van der Waals surface area contributed by atoms with Crippen molar-refractivity contribution >= 4 is 12.6 Å². The molecule has 0 spiro atoms. The summed E-state index contributed by atoms with van der Waals surface area (Å²) in [5, 5.41) is 0. The van der Waals surface area contributed by atoms with Crippen LogP contribution in [0.5, 0.6) is 0 Å². The van der Waals surface area contributed by atoms with Crippen LogP contribution < -0.4 is 0 Å². The molecule has 2 aliphatic rings. The van der Waals surface area contributed by atoms with Crippen molar-refractivity contribution < 1.29 is 17.1 Å². The molecule has 0 N–H and O–H groups in total. The van der Waals surface area contributed by atoms with E-state index >= 15 is 0 Å². The molecule has 20 heavy (non-hydrogen) atoms. The Labute approximate surface area is 141 Å². The number of rotatable bonds is 3. The molecule has 3 rings (SSSR count). The Balaban J connectivity index is 0.000000283. The van der Waals surface area contributed by atoms with E-state index in [2.05, 4.69) is 62.6 Å². The number of hydrogen-bond acceptors (Lipinski definition) is 1. The zero-order valence-electron chi connectivity index (χ0n) is 11.2. The van der Waals surface area contributed by atoms with E-state index < -0.39 is 0 Å². The van der Waals surface area contributed by atoms with Gasteiger partial charge in [-0.3, -0.25) is 0 Å². The third-order valence-electron chi connectivity index (χ3n) is 2.91. The molecule has 0 unspecified atom stereocenters. The van der Waals surface area contributed by atoms with Gasteiger partial charge in [-0.1, -0.05) is 24.3 Å². The first-order chi connectivity index (χ1) is 9.40. The molecule has 0 heterocycles. The summed E-state index contributed by atoms with van der Waals surface area (Å²) in [6.45, 7) is 0. The van der Waals surface area contributed by atoms with E-state index in [1.807, 2.05) is 32.1 Å².